The van der Waals surface area contributed by atoms with Crippen LogP contribution in [0.15, 0.2) is 54.6 Å². The van der Waals surface area contributed by atoms with Crippen LogP contribution in [0, 0.1) is 6.92 Å². The lowest BCUT2D eigenvalue weighted by Crippen LogP contribution is -2.54. The van der Waals surface area contributed by atoms with E-state index in [9.17, 15) is 4.79 Å². The highest BCUT2D eigenvalue weighted by Gasteiger charge is 2.27. The highest BCUT2D eigenvalue weighted by molar-refractivity contribution is 5.81. The van der Waals surface area contributed by atoms with E-state index in [0.717, 1.165) is 39.0 Å². The van der Waals surface area contributed by atoms with Crippen molar-refractivity contribution in [3.05, 3.63) is 65.7 Å². The number of piperazine rings is 1. The van der Waals surface area contributed by atoms with Crippen molar-refractivity contribution in [3.8, 4) is 0 Å². The predicted molar refractivity (Wildman–Crippen MR) is 117 cm³/mol. The van der Waals surface area contributed by atoms with Crippen LogP contribution in [0.5, 0.6) is 0 Å². The Kier molecular flexibility index (Phi) is 7.10. The molecule has 28 heavy (non-hydrogen) atoms. The number of rotatable bonds is 7. The number of anilines is 1. The van der Waals surface area contributed by atoms with E-state index in [1.165, 1.54) is 16.8 Å². The fourth-order valence-electron chi connectivity index (χ4n) is 4.02. The highest BCUT2D eigenvalue weighted by Crippen LogP contribution is 2.22. The van der Waals surface area contributed by atoms with Crippen molar-refractivity contribution in [2.24, 2.45) is 0 Å². The first-order chi connectivity index (χ1) is 13.6. The maximum absolute atomic E-state index is 12.9. The Hall–Kier alpha value is -2.33. The number of amides is 1. The lowest BCUT2D eigenvalue weighted by atomic mass is 10.0. The van der Waals surface area contributed by atoms with Crippen LogP contribution in [0.3, 0.4) is 0 Å². The lowest BCUT2D eigenvalue weighted by Gasteiger charge is -2.39. The third kappa shape index (κ3) is 4.93. The number of nitrogens with one attached hydrogen (secondary N) is 1. The smallest absolute Gasteiger partial charge is 0.237 e. The van der Waals surface area contributed by atoms with E-state index >= 15 is 0 Å². The SMILES string of the molecule is CCC[C@H](NC(=O)[C@@H](C)N1CCN(c2ccccc2C)CC1)c1ccccc1. The highest BCUT2D eigenvalue weighted by atomic mass is 16.2. The van der Waals surface area contributed by atoms with E-state index in [1.807, 2.05) is 25.1 Å². The van der Waals surface area contributed by atoms with Crippen molar-refractivity contribution in [3.63, 3.8) is 0 Å². The molecule has 0 radical (unpaired) electrons. The van der Waals surface area contributed by atoms with Gasteiger partial charge in [-0.05, 0) is 37.5 Å². The third-order valence-electron chi connectivity index (χ3n) is 5.79. The van der Waals surface area contributed by atoms with Crippen LogP contribution in [0.2, 0.25) is 0 Å². The summed E-state index contributed by atoms with van der Waals surface area (Å²) >= 11 is 0. The van der Waals surface area contributed by atoms with Gasteiger partial charge in [0.25, 0.3) is 0 Å². The molecule has 1 aliphatic heterocycles. The summed E-state index contributed by atoms with van der Waals surface area (Å²) in [5.74, 6) is 0.131. The summed E-state index contributed by atoms with van der Waals surface area (Å²) in [5, 5.41) is 3.29. The zero-order chi connectivity index (χ0) is 19.9. The molecule has 1 saturated heterocycles. The number of nitrogens with zero attached hydrogens (tertiary/aromatic N) is 2. The summed E-state index contributed by atoms with van der Waals surface area (Å²) in [4.78, 5) is 17.7. The quantitative estimate of drug-likeness (QED) is 0.784. The second-order valence-corrected chi connectivity index (χ2v) is 7.75. The van der Waals surface area contributed by atoms with Gasteiger partial charge in [0.1, 0.15) is 0 Å². The van der Waals surface area contributed by atoms with E-state index < -0.39 is 0 Å². The number of hydrogen-bond donors (Lipinski definition) is 1. The molecule has 1 amide bonds. The molecule has 0 unspecified atom stereocenters. The normalized spacial score (nSPS) is 17.2. The first kappa shape index (κ1) is 20.4. The van der Waals surface area contributed by atoms with Gasteiger partial charge in [0, 0.05) is 31.9 Å². The van der Waals surface area contributed by atoms with Crippen LogP contribution >= 0.6 is 0 Å². The molecule has 1 heterocycles. The molecular weight excluding hydrogens is 346 g/mol. The molecule has 2 aromatic carbocycles. The van der Waals surface area contributed by atoms with Gasteiger partial charge >= 0.3 is 0 Å². The largest absolute Gasteiger partial charge is 0.369 e. The van der Waals surface area contributed by atoms with E-state index in [2.05, 4.69) is 65.4 Å². The molecule has 1 aliphatic rings. The summed E-state index contributed by atoms with van der Waals surface area (Å²) < 4.78 is 0. The molecule has 0 aromatic heterocycles. The summed E-state index contributed by atoms with van der Waals surface area (Å²) in [5.41, 5.74) is 3.81. The first-order valence-electron chi connectivity index (χ1n) is 10.5. The number of carbonyl (C=O) groups excluding carboxylic acids is 1. The number of hydrogen-bond acceptors (Lipinski definition) is 3. The van der Waals surface area contributed by atoms with Crippen LogP contribution in [0.4, 0.5) is 5.69 Å². The Morgan fingerprint density at radius 3 is 2.29 bits per heavy atom. The minimum Gasteiger partial charge on any atom is -0.369 e. The van der Waals surface area contributed by atoms with E-state index in [-0.39, 0.29) is 18.0 Å². The van der Waals surface area contributed by atoms with Gasteiger partial charge < -0.3 is 10.2 Å². The fourth-order valence-corrected chi connectivity index (χ4v) is 4.02. The van der Waals surface area contributed by atoms with Gasteiger partial charge in [0.2, 0.25) is 5.91 Å². The molecular formula is C24H33N3O. The number of benzene rings is 2. The molecule has 3 rings (SSSR count). The summed E-state index contributed by atoms with van der Waals surface area (Å²) in [6.07, 6.45) is 2.01. The van der Waals surface area contributed by atoms with E-state index in [1.54, 1.807) is 0 Å². The Morgan fingerprint density at radius 1 is 1.00 bits per heavy atom. The van der Waals surface area contributed by atoms with Crippen molar-refractivity contribution in [1.29, 1.82) is 0 Å². The van der Waals surface area contributed by atoms with Gasteiger partial charge in [-0.25, -0.2) is 0 Å². The van der Waals surface area contributed by atoms with Crippen molar-refractivity contribution >= 4 is 11.6 Å². The molecule has 1 fully saturated rings. The van der Waals surface area contributed by atoms with Crippen LogP contribution in [0.1, 0.15) is 43.9 Å². The van der Waals surface area contributed by atoms with Gasteiger partial charge in [-0.2, -0.15) is 0 Å². The van der Waals surface area contributed by atoms with Crippen molar-refractivity contribution < 1.29 is 4.79 Å². The monoisotopic (exact) mass is 379 g/mol. The number of aryl methyl sites for hydroxylation is 1. The Bertz CT molecular complexity index is 753. The lowest BCUT2D eigenvalue weighted by molar-refractivity contribution is -0.126. The summed E-state index contributed by atoms with van der Waals surface area (Å²) in [7, 11) is 0. The van der Waals surface area contributed by atoms with Crippen LogP contribution < -0.4 is 10.2 Å². The third-order valence-corrected chi connectivity index (χ3v) is 5.79. The average molecular weight is 380 g/mol. The van der Waals surface area contributed by atoms with Crippen LogP contribution in [0.25, 0.3) is 0 Å². The minimum atomic E-state index is -0.109. The Labute approximate surface area is 169 Å². The molecule has 0 bridgehead atoms. The number of carbonyl (C=O) groups is 1. The van der Waals surface area contributed by atoms with Gasteiger partial charge in [-0.1, -0.05) is 61.9 Å². The van der Waals surface area contributed by atoms with E-state index in [4.69, 9.17) is 0 Å². The second kappa shape index (κ2) is 9.74. The van der Waals surface area contributed by atoms with Gasteiger partial charge in [-0.3, -0.25) is 9.69 Å². The zero-order valence-electron chi connectivity index (χ0n) is 17.4. The molecule has 4 nitrogen and oxygen atoms in total. The van der Waals surface area contributed by atoms with Crippen LogP contribution in [-0.2, 0) is 4.79 Å². The Balaban J connectivity index is 1.57. The topological polar surface area (TPSA) is 35.6 Å². The maximum Gasteiger partial charge on any atom is 0.237 e. The molecule has 0 saturated carbocycles. The molecule has 1 N–H and O–H groups in total. The van der Waals surface area contributed by atoms with Crippen molar-refractivity contribution in [2.45, 2.75) is 45.7 Å². The standard InChI is InChI=1S/C24H33N3O/c1-4-10-22(21-12-6-5-7-13-21)25-24(28)20(3)26-15-17-27(18-16-26)23-14-9-8-11-19(23)2/h5-9,11-14,20,22H,4,10,15-18H2,1-3H3,(H,25,28)/t20-,22+/m1/s1. The fraction of sp³-hybridized carbons (Fsp3) is 0.458. The molecule has 4 heteroatoms. The van der Waals surface area contributed by atoms with E-state index in [0.29, 0.717) is 0 Å². The number of para-hydroxylation sites is 1. The average Bonchev–Trinajstić information content (AvgIpc) is 2.74. The predicted octanol–water partition coefficient (Wildman–Crippen LogP) is 4.16. The van der Waals surface area contributed by atoms with Crippen LogP contribution in [-0.4, -0.2) is 43.0 Å². The van der Waals surface area contributed by atoms with Crippen molar-refractivity contribution in [1.82, 2.24) is 10.2 Å². The van der Waals surface area contributed by atoms with Gasteiger partial charge in [-0.15, -0.1) is 0 Å². The second-order valence-electron chi connectivity index (χ2n) is 7.75. The molecule has 2 aromatic rings. The summed E-state index contributed by atoms with van der Waals surface area (Å²) in [6, 6.07) is 18.8. The zero-order valence-corrected chi connectivity index (χ0v) is 17.4. The van der Waals surface area contributed by atoms with Gasteiger partial charge in [0.15, 0.2) is 0 Å². The summed E-state index contributed by atoms with van der Waals surface area (Å²) in [6.45, 7) is 10.1. The molecule has 2 atom stereocenters. The molecule has 0 spiro atoms. The maximum atomic E-state index is 12.9. The first-order valence-corrected chi connectivity index (χ1v) is 10.5. The molecule has 150 valence electrons. The van der Waals surface area contributed by atoms with Gasteiger partial charge in [0.05, 0.1) is 12.1 Å². The molecule has 0 aliphatic carbocycles. The Morgan fingerprint density at radius 2 is 1.64 bits per heavy atom. The van der Waals surface area contributed by atoms with Crippen molar-refractivity contribution in [2.75, 3.05) is 31.1 Å². The minimum absolute atomic E-state index is 0.0920.